The van der Waals surface area contributed by atoms with E-state index < -0.39 is 0 Å². The lowest BCUT2D eigenvalue weighted by Gasteiger charge is -2.07. The molecular formula is C14H18ClN3. The van der Waals surface area contributed by atoms with Gasteiger partial charge in [0, 0.05) is 17.3 Å². The van der Waals surface area contributed by atoms with E-state index >= 15 is 0 Å². The maximum atomic E-state index is 5.86. The van der Waals surface area contributed by atoms with Gasteiger partial charge in [0.25, 0.3) is 0 Å². The van der Waals surface area contributed by atoms with Gasteiger partial charge in [-0.15, -0.1) is 0 Å². The topological polar surface area (TPSA) is 29.9 Å². The summed E-state index contributed by atoms with van der Waals surface area (Å²) in [5.74, 6) is 0. The van der Waals surface area contributed by atoms with E-state index in [1.165, 1.54) is 5.69 Å². The standard InChI is InChI=1S/C14H18ClN3/c1-3-12-9-14(18(4-2)17-12)10-16-13-7-5-11(15)6-8-13/h5-9,16H,3-4,10H2,1-2H3. The highest BCUT2D eigenvalue weighted by Gasteiger charge is 2.05. The molecule has 96 valence electrons. The summed E-state index contributed by atoms with van der Waals surface area (Å²) in [4.78, 5) is 0. The van der Waals surface area contributed by atoms with Crippen LogP contribution in [0.1, 0.15) is 25.2 Å². The predicted molar refractivity (Wildman–Crippen MR) is 76.1 cm³/mol. The summed E-state index contributed by atoms with van der Waals surface area (Å²) in [6.07, 6.45) is 0.973. The first-order chi connectivity index (χ1) is 8.72. The minimum atomic E-state index is 0.757. The Balaban J connectivity index is 2.05. The molecule has 0 saturated carbocycles. The lowest BCUT2D eigenvalue weighted by molar-refractivity contribution is 0.619. The van der Waals surface area contributed by atoms with Gasteiger partial charge in [-0.05, 0) is 43.7 Å². The third kappa shape index (κ3) is 3.05. The number of anilines is 1. The first-order valence-corrected chi connectivity index (χ1v) is 6.65. The number of nitrogens with one attached hydrogen (secondary N) is 1. The molecule has 0 bridgehead atoms. The molecule has 2 rings (SSSR count). The van der Waals surface area contributed by atoms with Crippen LogP contribution in [0.3, 0.4) is 0 Å². The molecule has 3 nitrogen and oxygen atoms in total. The zero-order valence-corrected chi connectivity index (χ0v) is 11.5. The number of rotatable bonds is 5. The molecule has 0 fully saturated rings. The molecule has 0 aliphatic heterocycles. The van der Waals surface area contributed by atoms with Crippen LogP contribution in [0.5, 0.6) is 0 Å². The molecule has 0 amide bonds. The van der Waals surface area contributed by atoms with Crippen molar-refractivity contribution in [1.82, 2.24) is 9.78 Å². The zero-order chi connectivity index (χ0) is 13.0. The van der Waals surface area contributed by atoms with Crippen LogP contribution in [-0.2, 0) is 19.5 Å². The first-order valence-electron chi connectivity index (χ1n) is 6.28. The van der Waals surface area contributed by atoms with E-state index in [4.69, 9.17) is 11.6 Å². The highest BCUT2D eigenvalue weighted by molar-refractivity contribution is 6.30. The maximum Gasteiger partial charge on any atom is 0.0625 e. The van der Waals surface area contributed by atoms with Crippen LogP contribution in [0.2, 0.25) is 5.02 Å². The maximum absolute atomic E-state index is 5.86. The van der Waals surface area contributed by atoms with Gasteiger partial charge in [-0.25, -0.2) is 0 Å². The summed E-state index contributed by atoms with van der Waals surface area (Å²) in [6.45, 7) is 5.91. The zero-order valence-electron chi connectivity index (χ0n) is 10.8. The predicted octanol–water partition coefficient (Wildman–Crippen LogP) is 3.73. The van der Waals surface area contributed by atoms with E-state index in [2.05, 4.69) is 30.3 Å². The first kappa shape index (κ1) is 13.0. The number of benzene rings is 1. The Bertz CT molecular complexity index is 502. The van der Waals surface area contributed by atoms with Crippen molar-refractivity contribution in [1.29, 1.82) is 0 Å². The van der Waals surface area contributed by atoms with Gasteiger partial charge in [0.2, 0.25) is 0 Å². The van der Waals surface area contributed by atoms with Gasteiger partial charge in [0.05, 0.1) is 17.9 Å². The fraction of sp³-hybridized carbons (Fsp3) is 0.357. The van der Waals surface area contributed by atoms with Gasteiger partial charge in [-0.2, -0.15) is 5.10 Å². The van der Waals surface area contributed by atoms with Gasteiger partial charge in [0.1, 0.15) is 0 Å². The number of hydrogen-bond donors (Lipinski definition) is 1. The molecular weight excluding hydrogens is 246 g/mol. The van der Waals surface area contributed by atoms with Crippen molar-refractivity contribution in [2.75, 3.05) is 5.32 Å². The quantitative estimate of drug-likeness (QED) is 0.891. The Morgan fingerprint density at radius 1 is 1.22 bits per heavy atom. The van der Waals surface area contributed by atoms with Crippen molar-refractivity contribution >= 4 is 17.3 Å². The molecule has 1 aromatic carbocycles. The van der Waals surface area contributed by atoms with Crippen molar-refractivity contribution in [3.05, 3.63) is 46.7 Å². The number of aryl methyl sites for hydroxylation is 2. The number of hydrogen-bond acceptors (Lipinski definition) is 2. The van der Waals surface area contributed by atoms with Gasteiger partial charge in [0.15, 0.2) is 0 Å². The monoisotopic (exact) mass is 263 g/mol. The lowest BCUT2D eigenvalue weighted by atomic mass is 10.3. The normalized spacial score (nSPS) is 10.6. The van der Waals surface area contributed by atoms with Gasteiger partial charge >= 0.3 is 0 Å². The minimum absolute atomic E-state index is 0.757. The highest BCUT2D eigenvalue weighted by Crippen LogP contribution is 2.15. The average Bonchev–Trinajstić information content (AvgIpc) is 2.80. The van der Waals surface area contributed by atoms with Crippen LogP contribution in [0.4, 0.5) is 5.69 Å². The smallest absolute Gasteiger partial charge is 0.0625 e. The molecule has 0 aliphatic carbocycles. The highest BCUT2D eigenvalue weighted by atomic mass is 35.5. The largest absolute Gasteiger partial charge is 0.379 e. The molecule has 0 radical (unpaired) electrons. The van der Waals surface area contributed by atoms with Crippen molar-refractivity contribution < 1.29 is 0 Å². The molecule has 1 heterocycles. The molecule has 2 aromatic rings. The SMILES string of the molecule is CCc1cc(CNc2ccc(Cl)cc2)n(CC)n1. The summed E-state index contributed by atoms with van der Waals surface area (Å²) in [5, 5.41) is 8.67. The summed E-state index contributed by atoms with van der Waals surface area (Å²) < 4.78 is 2.04. The third-order valence-corrected chi connectivity index (χ3v) is 3.15. The Morgan fingerprint density at radius 2 is 1.94 bits per heavy atom. The van der Waals surface area contributed by atoms with Gasteiger partial charge in [-0.1, -0.05) is 18.5 Å². The Morgan fingerprint density at radius 3 is 2.56 bits per heavy atom. The molecule has 0 aliphatic rings. The molecule has 0 unspecified atom stereocenters. The molecule has 0 saturated heterocycles. The Labute approximate surface area is 113 Å². The van der Waals surface area contributed by atoms with Crippen molar-refractivity contribution in [2.24, 2.45) is 0 Å². The van der Waals surface area contributed by atoms with Gasteiger partial charge in [-0.3, -0.25) is 4.68 Å². The third-order valence-electron chi connectivity index (χ3n) is 2.89. The molecule has 4 heteroatoms. The average molecular weight is 264 g/mol. The summed E-state index contributed by atoms with van der Waals surface area (Å²) >= 11 is 5.86. The molecule has 18 heavy (non-hydrogen) atoms. The van der Waals surface area contributed by atoms with Crippen LogP contribution in [0, 0.1) is 0 Å². The summed E-state index contributed by atoms with van der Waals surface area (Å²) in [6, 6.07) is 9.90. The number of halogens is 1. The Kier molecular flexibility index (Phi) is 4.26. The number of nitrogens with zero attached hydrogens (tertiary/aromatic N) is 2. The summed E-state index contributed by atoms with van der Waals surface area (Å²) in [5.41, 5.74) is 3.43. The second-order valence-electron chi connectivity index (χ2n) is 4.16. The van der Waals surface area contributed by atoms with Crippen molar-refractivity contribution in [3.63, 3.8) is 0 Å². The van der Waals surface area contributed by atoms with E-state index in [-0.39, 0.29) is 0 Å². The summed E-state index contributed by atoms with van der Waals surface area (Å²) in [7, 11) is 0. The van der Waals surface area contributed by atoms with Crippen molar-refractivity contribution in [3.8, 4) is 0 Å². The minimum Gasteiger partial charge on any atom is -0.379 e. The number of aromatic nitrogens is 2. The van der Waals surface area contributed by atoms with Gasteiger partial charge < -0.3 is 5.32 Å². The van der Waals surface area contributed by atoms with Crippen LogP contribution in [-0.4, -0.2) is 9.78 Å². The van der Waals surface area contributed by atoms with E-state index in [0.29, 0.717) is 0 Å². The van der Waals surface area contributed by atoms with Crippen LogP contribution >= 0.6 is 11.6 Å². The van der Waals surface area contributed by atoms with Crippen LogP contribution < -0.4 is 5.32 Å². The van der Waals surface area contributed by atoms with Crippen LogP contribution in [0.25, 0.3) is 0 Å². The van der Waals surface area contributed by atoms with Crippen LogP contribution in [0.15, 0.2) is 30.3 Å². The fourth-order valence-corrected chi connectivity index (χ4v) is 1.99. The van der Waals surface area contributed by atoms with E-state index in [0.717, 1.165) is 35.9 Å². The molecule has 0 atom stereocenters. The van der Waals surface area contributed by atoms with E-state index in [1.807, 2.05) is 28.9 Å². The fourth-order valence-electron chi connectivity index (χ4n) is 1.86. The van der Waals surface area contributed by atoms with Crippen molar-refractivity contribution in [2.45, 2.75) is 33.4 Å². The van der Waals surface area contributed by atoms with E-state index in [1.54, 1.807) is 0 Å². The molecule has 1 N–H and O–H groups in total. The molecule has 1 aromatic heterocycles. The second kappa shape index (κ2) is 5.91. The van der Waals surface area contributed by atoms with E-state index in [9.17, 15) is 0 Å². The lowest BCUT2D eigenvalue weighted by Crippen LogP contribution is -2.07. The second-order valence-corrected chi connectivity index (χ2v) is 4.59. The molecule has 0 spiro atoms. The Hall–Kier alpha value is -1.48.